The Morgan fingerprint density at radius 2 is 1.88 bits per heavy atom. The molecule has 0 bridgehead atoms. The Balaban J connectivity index is 0.00000256. The van der Waals surface area contributed by atoms with Crippen LogP contribution in [0.1, 0.15) is 10.4 Å². The van der Waals surface area contributed by atoms with Crippen molar-refractivity contribution in [2.24, 2.45) is 0 Å². The van der Waals surface area contributed by atoms with Crippen LogP contribution in [0.3, 0.4) is 0 Å². The van der Waals surface area contributed by atoms with Gasteiger partial charge in [0.2, 0.25) is 0 Å². The summed E-state index contributed by atoms with van der Waals surface area (Å²) in [6.45, 7) is 0. The number of nitro benzene ring substituents is 1. The second-order valence-electron chi connectivity index (χ2n) is 2.69. The van der Waals surface area contributed by atoms with Gasteiger partial charge < -0.3 is 5.11 Å². The summed E-state index contributed by atoms with van der Waals surface area (Å²) < 4.78 is 30.3. The van der Waals surface area contributed by atoms with Gasteiger partial charge in [0, 0.05) is 0 Å². The third kappa shape index (κ3) is 3.48. The Morgan fingerprint density at radius 3 is 2.24 bits per heavy atom. The number of benzene rings is 1. The van der Waals surface area contributed by atoms with E-state index in [-0.39, 0.29) is 29.6 Å². The van der Waals surface area contributed by atoms with Crippen molar-refractivity contribution in [3.8, 4) is 0 Å². The van der Waals surface area contributed by atoms with Gasteiger partial charge in [-0.05, 0) is 12.1 Å². The number of para-hydroxylation sites is 1. The minimum absolute atomic E-state index is 0. The van der Waals surface area contributed by atoms with Crippen molar-refractivity contribution in [1.82, 2.24) is 0 Å². The molecule has 1 rings (SSSR count). The molecule has 0 aliphatic heterocycles. The molecule has 0 atom stereocenters. The predicted octanol–water partition coefficient (Wildman–Crippen LogP) is -0.109. The van der Waals surface area contributed by atoms with Crippen LogP contribution in [0.2, 0.25) is 0 Å². The molecule has 0 saturated heterocycles. The Labute approximate surface area is 117 Å². The van der Waals surface area contributed by atoms with Gasteiger partial charge in [0.1, 0.15) is 5.56 Å². The van der Waals surface area contributed by atoms with E-state index >= 15 is 0 Å². The van der Waals surface area contributed by atoms with E-state index in [2.05, 4.69) is 0 Å². The summed E-state index contributed by atoms with van der Waals surface area (Å²) in [5.74, 6) is -1.66. The van der Waals surface area contributed by atoms with Crippen LogP contribution in [0.15, 0.2) is 23.1 Å². The van der Waals surface area contributed by atoms with Gasteiger partial charge in [-0.2, -0.15) is 8.42 Å². The fraction of sp³-hybridized carbons (Fsp3) is 0. The van der Waals surface area contributed by atoms with Crippen molar-refractivity contribution < 1.29 is 27.8 Å². The molecule has 0 unspecified atom stereocenters. The summed E-state index contributed by atoms with van der Waals surface area (Å²) in [5.41, 5.74) is -1.96. The summed E-state index contributed by atoms with van der Waals surface area (Å²) in [6.07, 6.45) is 0. The van der Waals surface area contributed by atoms with Crippen molar-refractivity contribution in [3.63, 3.8) is 0 Å². The van der Waals surface area contributed by atoms with E-state index in [0.717, 1.165) is 18.2 Å². The summed E-state index contributed by atoms with van der Waals surface area (Å²) in [7, 11) is -4.84. The van der Waals surface area contributed by atoms with E-state index in [1.807, 2.05) is 0 Å². The third-order valence-corrected chi connectivity index (χ3v) is 2.58. The molecule has 8 nitrogen and oxygen atoms in total. The van der Waals surface area contributed by atoms with Crippen LogP contribution in [0.4, 0.5) is 5.69 Å². The number of hydrogen-bond acceptors (Lipinski definition) is 5. The Hall–Kier alpha value is -1.00. The molecule has 17 heavy (non-hydrogen) atoms. The van der Waals surface area contributed by atoms with Crippen LogP contribution in [0.5, 0.6) is 0 Å². The summed E-state index contributed by atoms with van der Waals surface area (Å²) in [4.78, 5) is 19.0. The van der Waals surface area contributed by atoms with Crippen LogP contribution >= 0.6 is 0 Å². The SMILES string of the molecule is O=C(O)c1cccc(S(=O)(=O)O)c1[N+](=O)[O-].[NaH]. The zero-order valence-corrected chi connectivity index (χ0v) is 8.34. The van der Waals surface area contributed by atoms with E-state index < -0.39 is 37.2 Å². The molecule has 0 amide bonds. The first-order valence-electron chi connectivity index (χ1n) is 3.73. The Kier molecular flexibility index (Phi) is 5.23. The molecule has 10 heteroatoms. The van der Waals surface area contributed by atoms with Gasteiger partial charge in [-0.3, -0.25) is 14.7 Å². The van der Waals surface area contributed by atoms with Gasteiger partial charge in [0.15, 0.2) is 4.90 Å². The van der Waals surface area contributed by atoms with Crippen molar-refractivity contribution in [3.05, 3.63) is 33.9 Å². The number of nitro groups is 1. The molecule has 88 valence electrons. The van der Waals surface area contributed by atoms with Crippen LogP contribution in [0, 0.1) is 10.1 Å². The number of aromatic carboxylic acids is 1. The minimum atomic E-state index is -4.84. The molecular weight excluding hydrogens is 265 g/mol. The van der Waals surface area contributed by atoms with Gasteiger partial charge >= 0.3 is 51.3 Å². The van der Waals surface area contributed by atoms with Gasteiger partial charge in [0.25, 0.3) is 0 Å². The second kappa shape index (κ2) is 5.56. The van der Waals surface area contributed by atoms with E-state index in [0.29, 0.717) is 0 Å². The zero-order valence-electron chi connectivity index (χ0n) is 7.52. The van der Waals surface area contributed by atoms with Gasteiger partial charge in [-0.1, -0.05) is 6.07 Å². The first-order valence-corrected chi connectivity index (χ1v) is 5.17. The van der Waals surface area contributed by atoms with Gasteiger partial charge in [0.05, 0.1) is 4.92 Å². The molecule has 0 aliphatic carbocycles. The molecule has 0 aromatic heterocycles. The fourth-order valence-electron chi connectivity index (χ4n) is 1.09. The van der Waals surface area contributed by atoms with E-state index in [1.165, 1.54) is 0 Å². The molecule has 2 N–H and O–H groups in total. The summed E-state index contributed by atoms with van der Waals surface area (Å²) in [6, 6.07) is 2.61. The van der Waals surface area contributed by atoms with Crippen LogP contribution in [-0.4, -0.2) is 58.5 Å². The first-order chi connectivity index (χ1) is 7.25. The monoisotopic (exact) mass is 271 g/mol. The van der Waals surface area contributed by atoms with Crippen molar-refractivity contribution in [2.45, 2.75) is 4.90 Å². The molecule has 1 aromatic rings. The fourth-order valence-corrected chi connectivity index (χ4v) is 1.77. The van der Waals surface area contributed by atoms with Gasteiger partial charge in [-0.15, -0.1) is 0 Å². The van der Waals surface area contributed by atoms with E-state index in [4.69, 9.17) is 9.66 Å². The predicted molar refractivity (Wildman–Crippen MR) is 57.0 cm³/mol. The zero-order chi connectivity index (χ0) is 12.5. The molecule has 0 spiro atoms. The Morgan fingerprint density at radius 1 is 1.35 bits per heavy atom. The quantitative estimate of drug-likeness (QED) is 0.339. The molecule has 1 aromatic carbocycles. The standard InChI is InChI=1S/C7H5NO7S.Na.H/c9-7(10)4-2-1-3-5(16(13,14)15)6(4)8(11)12;;/h1-3H,(H,9,10)(H,13,14,15);;. The maximum absolute atomic E-state index is 10.8. The Bertz CT molecular complexity index is 568. The van der Waals surface area contributed by atoms with Crippen molar-refractivity contribution >= 4 is 51.3 Å². The van der Waals surface area contributed by atoms with Crippen LogP contribution in [-0.2, 0) is 10.1 Å². The van der Waals surface area contributed by atoms with Crippen LogP contribution < -0.4 is 0 Å². The average Bonchev–Trinajstić information content (AvgIpc) is 2.14. The van der Waals surface area contributed by atoms with E-state index in [9.17, 15) is 23.3 Å². The summed E-state index contributed by atoms with van der Waals surface area (Å²) >= 11 is 0. The van der Waals surface area contributed by atoms with Crippen molar-refractivity contribution in [1.29, 1.82) is 0 Å². The van der Waals surface area contributed by atoms with Gasteiger partial charge in [-0.25, -0.2) is 4.79 Å². The number of hydrogen-bond donors (Lipinski definition) is 2. The third-order valence-electron chi connectivity index (χ3n) is 1.69. The first kappa shape index (κ1) is 16.0. The maximum atomic E-state index is 10.8. The topological polar surface area (TPSA) is 135 Å². The molecule has 0 saturated carbocycles. The number of carboxylic acid groups (broad SMARTS) is 1. The number of carbonyl (C=O) groups is 1. The van der Waals surface area contributed by atoms with Crippen LogP contribution in [0.25, 0.3) is 0 Å². The molecule has 0 heterocycles. The molecule has 0 aliphatic rings. The average molecular weight is 271 g/mol. The normalized spacial score (nSPS) is 10.4. The van der Waals surface area contributed by atoms with Crippen molar-refractivity contribution in [2.75, 3.05) is 0 Å². The number of nitrogens with zero attached hydrogens (tertiary/aromatic N) is 1. The summed E-state index contributed by atoms with van der Waals surface area (Å²) in [5, 5.41) is 19.2. The number of rotatable bonds is 3. The van der Waals surface area contributed by atoms with E-state index in [1.54, 1.807) is 0 Å². The molecule has 0 fully saturated rings. The second-order valence-corrected chi connectivity index (χ2v) is 4.08. The molecular formula is C7H6NNaO7S. The molecule has 0 radical (unpaired) electrons. The number of carboxylic acids is 1.